The first-order chi connectivity index (χ1) is 5.79. The number of nitrogens with zero attached hydrogens (tertiary/aromatic N) is 2. The Morgan fingerprint density at radius 1 is 1.75 bits per heavy atom. The summed E-state index contributed by atoms with van der Waals surface area (Å²) in [6, 6.07) is 0. The molecule has 0 aliphatic heterocycles. The second kappa shape index (κ2) is 4.24. The molecule has 1 rings (SSSR count). The average molecular weight is 199 g/mol. The van der Waals surface area contributed by atoms with Crippen LogP contribution in [0.4, 0.5) is 5.69 Å². The van der Waals surface area contributed by atoms with Crippen LogP contribution in [0.15, 0.2) is 4.99 Å². The minimum absolute atomic E-state index is 0.385. The molecule has 0 amide bonds. The lowest BCUT2D eigenvalue weighted by atomic mass is 10.4. The van der Waals surface area contributed by atoms with Crippen molar-refractivity contribution in [2.75, 3.05) is 0 Å². The van der Waals surface area contributed by atoms with Gasteiger partial charge in [-0.15, -0.1) is 0 Å². The molecule has 1 aromatic heterocycles. The predicted octanol–water partition coefficient (Wildman–Crippen LogP) is 2.89. The first-order valence-electron chi connectivity index (χ1n) is 3.40. The first-order valence-corrected chi connectivity index (χ1v) is 4.55. The third-order valence-electron chi connectivity index (χ3n) is 1.16. The van der Waals surface area contributed by atoms with Crippen molar-refractivity contribution in [2.24, 2.45) is 4.99 Å². The van der Waals surface area contributed by atoms with E-state index in [1.165, 1.54) is 11.5 Å². The van der Waals surface area contributed by atoms with Gasteiger partial charge >= 0.3 is 0 Å². The van der Waals surface area contributed by atoms with Crippen molar-refractivity contribution in [2.45, 2.75) is 13.3 Å². The molecule has 0 fully saturated rings. The fourth-order valence-corrected chi connectivity index (χ4v) is 1.59. The number of rotatable bonds is 1. The fourth-order valence-electron chi connectivity index (χ4n) is 0.654. The molecule has 0 radical (unpaired) electrons. The summed E-state index contributed by atoms with van der Waals surface area (Å²) in [5.74, 6) is 5.85. The Morgan fingerprint density at radius 3 is 3.08 bits per heavy atom. The summed E-state index contributed by atoms with van der Waals surface area (Å²) >= 11 is 6.97. The number of aromatic nitrogens is 1. The summed E-state index contributed by atoms with van der Waals surface area (Å²) in [5.41, 5.74) is 0.600. The van der Waals surface area contributed by atoms with Crippen LogP contribution in [0.5, 0.6) is 0 Å². The third-order valence-corrected chi connectivity index (χ3v) is 2.28. The molecule has 62 valence electrons. The van der Waals surface area contributed by atoms with E-state index in [9.17, 15) is 0 Å². The highest BCUT2D eigenvalue weighted by Crippen LogP contribution is 2.30. The van der Waals surface area contributed by atoms with E-state index in [0.717, 1.165) is 11.3 Å². The van der Waals surface area contributed by atoms with Crippen LogP contribution in [-0.4, -0.2) is 11.1 Å². The molecule has 1 aromatic rings. The first kappa shape index (κ1) is 9.24. The molecule has 4 heteroatoms. The van der Waals surface area contributed by atoms with Gasteiger partial charge in [-0.1, -0.05) is 30.4 Å². The van der Waals surface area contributed by atoms with Crippen molar-refractivity contribution in [3.8, 4) is 11.8 Å². The molecule has 2 nitrogen and oxygen atoms in total. The van der Waals surface area contributed by atoms with E-state index in [2.05, 4.69) is 27.9 Å². The Balaban J connectivity index is 3.07. The van der Waals surface area contributed by atoms with Crippen molar-refractivity contribution < 1.29 is 0 Å². The zero-order valence-corrected chi connectivity index (χ0v) is 8.17. The van der Waals surface area contributed by atoms with Crippen molar-refractivity contribution in [1.29, 1.82) is 0 Å². The van der Waals surface area contributed by atoms with Gasteiger partial charge in [0.2, 0.25) is 0 Å². The minimum Gasteiger partial charge on any atom is -0.259 e. The van der Waals surface area contributed by atoms with Gasteiger partial charge in [0.15, 0.2) is 5.15 Å². The molecular weight excluding hydrogens is 192 g/mol. The molecule has 0 N–H and O–H groups in total. The Bertz CT molecular complexity index is 346. The van der Waals surface area contributed by atoms with E-state index in [4.69, 9.17) is 11.6 Å². The molecule has 0 saturated heterocycles. The number of hydrogen-bond acceptors (Lipinski definition) is 3. The number of halogens is 1. The Kier molecular flexibility index (Phi) is 3.27. The van der Waals surface area contributed by atoms with Crippen molar-refractivity contribution in [3.63, 3.8) is 0 Å². The highest BCUT2D eigenvalue weighted by atomic mass is 35.5. The van der Waals surface area contributed by atoms with E-state index in [1.54, 1.807) is 0 Å². The molecule has 0 spiro atoms. The Hall–Kier alpha value is -0.850. The zero-order chi connectivity index (χ0) is 8.97. The molecule has 12 heavy (non-hydrogen) atoms. The zero-order valence-electron chi connectivity index (χ0n) is 6.59. The Labute approximate surface area is 80.5 Å². The van der Waals surface area contributed by atoms with Gasteiger partial charge in [-0.2, -0.15) is 4.37 Å². The smallest absolute Gasteiger partial charge is 0.169 e. The van der Waals surface area contributed by atoms with E-state index in [-0.39, 0.29) is 0 Å². The molecule has 0 aliphatic rings. The minimum atomic E-state index is 0.385. The van der Waals surface area contributed by atoms with Gasteiger partial charge in [-0.25, -0.2) is 0 Å². The topological polar surface area (TPSA) is 25.2 Å². The highest BCUT2D eigenvalue weighted by molar-refractivity contribution is 7.07. The summed E-state index contributed by atoms with van der Waals surface area (Å²) in [6.07, 6.45) is 0.812. The second-order valence-corrected chi connectivity index (χ2v) is 3.10. The standard InChI is InChI=1S/C8H7ClN2S/c1-3-4-5-6-7(10-2)8(9)11-12-6/h2-3H2,1H3. The van der Waals surface area contributed by atoms with Crippen LogP contribution in [-0.2, 0) is 0 Å². The summed E-state index contributed by atoms with van der Waals surface area (Å²) in [7, 11) is 0. The van der Waals surface area contributed by atoms with E-state index in [1.807, 2.05) is 6.92 Å². The largest absolute Gasteiger partial charge is 0.259 e. The van der Waals surface area contributed by atoms with Crippen LogP contribution in [0.2, 0.25) is 5.15 Å². The van der Waals surface area contributed by atoms with Gasteiger partial charge in [0, 0.05) is 6.42 Å². The van der Waals surface area contributed by atoms with Crippen LogP contribution in [0.3, 0.4) is 0 Å². The monoisotopic (exact) mass is 198 g/mol. The van der Waals surface area contributed by atoms with Gasteiger partial charge in [-0.3, -0.25) is 4.99 Å². The lowest BCUT2D eigenvalue weighted by Gasteiger charge is -1.84. The highest BCUT2D eigenvalue weighted by Gasteiger charge is 2.07. The van der Waals surface area contributed by atoms with E-state index in [0.29, 0.717) is 10.8 Å². The normalized spacial score (nSPS) is 8.83. The molecule has 0 aliphatic carbocycles. The quantitative estimate of drug-likeness (QED) is 0.503. The molecule has 0 unspecified atom stereocenters. The molecule has 0 aromatic carbocycles. The number of aliphatic imine (C=N–C) groups is 1. The van der Waals surface area contributed by atoms with Gasteiger partial charge in [0.25, 0.3) is 0 Å². The summed E-state index contributed by atoms with van der Waals surface area (Å²) < 4.78 is 3.91. The average Bonchev–Trinajstić information content (AvgIpc) is 2.43. The van der Waals surface area contributed by atoms with E-state index < -0.39 is 0 Å². The summed E-state index contributed by atoms with van der Waals surface area (Å²) in [6.45, 7) is 5.38. The maximum Gasteiger partial charge on any atom is 0.169 e. The summed E-state index contributed by atoms with van der Waals surface area (Å²) in [5, 5.41) is 0.385. The van der Waals surface area contributed by atoms with Crippen LogP contribution in [0, 0.1) is 11.8 Å². The third kappa shape index (κ3) is 1.84. The van der Waals surface area contributed by atoms with Crippen molar-refractivity contribution >= 4 is 35.5 Å². The van der Waals surface area contributed by atoms with Crippen LogP contribution in [0.1, 0.15) is 18.2 Å². The van der Waals surface area contributed by atoms with E-state index >= 15 is 0 Å². The maximum atomic E-state index is 5.72. The Morgan fingerprint density at radius 2 is 2.50 bits per heavy atom. The van der Waals surface area contributed by atoms with Gasteiger partial charge < -0.3 is 0 Å². The fraction of sp³-hybridized carbons (Fsp3) is 0.250. The van der Waals surface area contributed by atoms with Gasteiger partial charge in [0.1, 0.15) is 10.6 Å². The van der Waals surface area contributed by atoms with Gasteiger partial charge in [0.05, 0.1) is 0 Å². The maximum absolute atomic E-state index is 5.72. The molecule has 1 heterocycles. The molecule has 0 saturated carbocycles. The molecular formula is C8H7ClN2S. The summed E-state index contributed by atoms with van der Waals surface area (Å²) in [4.78, 5) is 4.54. The number of hydrogen-bond donors (Lipinski definition) is 0. The lowest BCUT2D eigenvalue weighted by molar-refractivity contribution is 1.28. The van der Waals surface area contributed by atoms with Crippen LogP contribution >= 0.6 is 23.1 Å². The second-order valence-electron chi connectivity index (χ2n) is 1.96. The molecule has 0 atom stereocenters. The van der Waals surface area contributed by atoms with Crippen molar-refractivity contribution in [3.05, 3.63) is 10.0 Å². The SMILES string of the molecule is C=Nc1c(Cl)nsc1C#CCC. The lowest BCUT2D eigenvalue weighted by Crippen LogP contribution is -1.65. The van der Waals surface area contributed by atoms with Crippen LogP contribution in [0.25, 0.3) is 0 Å². The van der Waals surface area contributed by atoms with Crippen molar-refractivity contribution in [1.82, 2.24) is 4.37 Å². The predicted molar refractivity (Wildman–Crippen MR) is 53.5 cm³/mol. The molecule has 0 bridgehead atoms. The van der Waals surface area contributed by atoms with Gasteiger partial charge in [-0.05, 0) is 18.3 Å². The van der Waals surface area contributed by atoms with Crippen LogP contribution < -0.4 is 0 Å².